The van der Waals surface area contributed by atoms with E-state index in [2.05, 4.69) is 19.2 Å². The summed E-state index contributed by atoms with van der Waals surface area (Å²) in [7, 11) is 0. The van der Waals surface area contributed by atoms with Gasteiger partial charge in [-0.1, -0.05) is 13.8 Å². The number of hydrogen-bond acceptors (Lipinski definition) is 2. The van der Waals surface area contributed by atoms with Gasteiger partial charge < -0.3 is 5.32 Å². The molecule has 2 aliphatic rings. The molecule has 1 saturated carbocycles. The maximum Gasteiger partial charge on any atom is 0.401 e. The highest BCUT2D eigenvalue weighted by atomic mass is 19.4. The first-order valence-corrected chi connectivity index (χ1v) is 7.37. The monoisotopic (exact) mass is 278 g/mol. The number of alkyl halides is 3. The first-order valence-electron chi connectivity index (χ1n) is 7.37. The quantitative estimate of drug-likeness (QED) is 0.803. The Hall–Kier alpha value is -0.290. The zero-order chi connectivity index (χ0) is 14.0. The van der Waals surface area contributed by atoms with E-state index in [-0.39, 0.29) is 0 Å². The van der Waals surface area contributed by atoms with E-state index >= 15 is 0 Å². The van der Waals surface area contributed by atoms with Crippen LogP contribution in [0.4, 0.5) is 13.2 Å². The van der Waals surface area contributed by atoms with E-state index in [9.17, 15) is 13.2 Å². The summed E-state index contributed by atoms with van der Waals surface area (Å²) in [6, 6.07) is 0.552. The summed E-state index contributed by atoms with van der Waals surface area (Å²) in [4.78, 5) is 1.54. The summed E-state index contributed by atoms with van der Waals surface area (Å²) in [6.45, 7) is 5.73. The van der Waals surface area contributed by atoms with Gasteiger partial charge in [-0.25, -0.2) is 0 Å². The zero-order valence-corrected chi connectivity index (χ0v) is 11.8. The van der Waals surface area contributed by atoms with Crippen LogP contribution >= 0.6 is 0 Å². The first kappa shape index (κ1) is 15.1. The number of hydrogen-bond donors (Lipinski definition) is 1. The maximum absolute atomic E-state index is 12.3. The Morgan fingerprint density at radius 2 is 1.89 bits per heavy atom. The molecule has 5 heteroatoms. The molecule has 0 aromatic rings. The molecule has 1 saturated heterocycles. The van der Waals surface area contributed by atoms with E-state index < -0.39 is 12.7 Å². The minimum Gasteiger partial charge on any atom is -0.313 e. The Morgan fingerprint density at radius 3 is 2.42 bits per heavy atom. The van der Waals surface area contributed by atoms with E-state index in [4.69, 9.17) is 0 Å². The lowest BCUT2D eigenvalue weighted by Crippen LogP contribution is -2.40. The summed E-state index contributed by atoms with van der Waals surface area (Å²) in [5, 5.41) is 3.60. The van der Waals surface area contributed by atoms with Gasteiger partial charge in [0, 0.05) is 12.6 Å². The largest absolute Gasteiger partial charge is 0.401 e. The van der Waals surface area contributed by atoms with Crippen molar-refractivity contribution >= 4 is 0 Å². The average molecular weight is 278 g/mol. The molecule has 2 nitrogen and oxygen atoms in total. The number of rotatable bonds is 6. The molecule has 2 atom stereocenters. The van der Waals surface area contributed by atoms with Crippen molar-refractivity contribution in [2.24, 2.45) is 17.8 Å². The fraction of sp³-hybridized carbons (Fsp3) is 1.00. The second-order valence-corrected chi connectivity index (χ2v) is 6.52. The molecule has 0 aromatic heterocycles. The van der Waals surface area contributed by atoms with Crippen molar-refractivity contribution in [2.75, 3.05) is 26.2 Å². The normalized spacial score (nSPS) is 27.2. The molecule has 0 aromatic carbocycles. The van der Waals surface area contributed by atoms with Crippen molar-refractivity contribution in [2.45, 2.75) is 45.3 Å². The van der Waals surface area contributed by atoms with E-state index in [1.807, 2.05) is 0 Å². The van der Waals surface area contributed by atoms with Crippen LogP contribution in [0.2, 0.25) is 0 Å². The predicted octanol–water partition coefficient (Wildman–Crippen LogP) is 2.89. The van der Waals surface area contributed by atoms with Gasteiger partial charge in [0.1, 0.15) is 0 Å². The van der Waals surface area contributed by atoms with Crippen LogP contribution in [0.5, 0.6) is 0 Å². The number of nitrogens with zero attached hydrogens (tertiary/aromatic N) is 1. The van der Waals surface area contributed by atoms with Crippen molar-refractivity contribution in [3.05, 3.63) is 0 Å². The summed E-state index contributed by atoms with van der Waals surface area (Å²) < 4.78 is 36.9. The fourth-order valence-electron chi connectivity index (χ4n) is 3.18. The molecule has 0 radical (unpaired) electrons. The molecule has 2 unspecified atom stereocenters. The molecular weight excluding hydrogens is 253 g/mol. The topological polar surface area (TPSA) is 15.3 Å². The second kappa shape index (κ2) is 6.00. The number of halogens is 3. The van der Waals surface area contributed by atoms with E-state index in [0.29, 0.717) is 31.0 Å². The second-order valence-electron chi connectivity index (χ2n) is 6.52. The summed E-state index contributed by atoms with van der Waals surface area (Å²) in [6.07, 6.45) is -0.559. The molecule has 1 heterocycles. The van der Waals surface area contributed by atoms with Gasteiger partial charge in [0.15, 0.2) is 0 Å². The van der Waals surface area contributed by atoms with Crippen molar-refractivity contribution in [3.8, 4) is 0 Å². The van der Waals surface area contributed by atoms with Crippen LogP contribution in [0.3, 0.4) is 0 Å². The smallest absolute Gasteiger partial charge is 0.313 e. The molecule has 1 aliphatic heterocycles. The van der Waals surface area contributed by atoms with Crippen LogP contribution in [-0.2, 0) is 0 Å². The van der Waals surface area contributed by atoms with Gasteiger partial charge in [-0.15, -0.1) is 0 Å². The van der Waals surface area contributed by atoms with Gasteiger partial charge in [-0.2, -0.15) is 13.2 Å². The molecule has 1 N–H and O–H groups in total. The third-order valence-electron chi connectivity index (χ3n) is 4.26. The minimum atomic E-state index is -4.06. The van der Waals surface area contributed by atoms with E-state index in [1.54, 1.807) is 0 Å². The fourth-order valence-corrected chi connectivity index (χ4v) is 3.18. The molecule has 112 valence electrons. The predicted molar refractivity (Wildman–Crippen MR) is 70.0 cm³/mol. The molecule has 0 spiro atoms. The van der Waals surface area contributed by atoms with E-state index in [1.165, 1.54) is 17.7 Å². The Labute approximate surface area is 113 Å². The van der Waals surface area contributed by atoms with Gasteiger partial charge >= 0.3 is 6.18 Å². The molecule has 19 heavy (non-hydrogen) atoms. The molecule has 0 bridgehead atoms. The van der Waals surface area contributed by atoms with Crippen LogP contribution in [0, 0.1) is 17.8 Å². The van der Waals surface area contributed by atoms with Gasteiger partial charge in [0.05, 0.1) is 6.54 Å². The average Bonchev–Trinajstić information content (AvgIpc) is 2.99. The third-order valence-corrected chi connectivity index (χ3v) is 4.26. The minimum absolute atomic E-state index is 0.377. The van der Waals surface area contributed by atoms with Crippen LogP contribution in [-0.4, -0.2) is 43.3 Å². The Morgan fingerprint density at radius 1 is 1.21 bits per heavy atom. The van der Waals surface area contributed by atoms with Crippen LogP contribution in [0.15, 0.2) is 0 Å². The van der Waals surface area contributed by atoms with E-state index in [0.717, 1.165) is 18.9 Å². The highest BCUT2D eigenvalue weighted by Gasteiger charge is 2.36. The van der Waals surface area contributed by atoms with Gasteiger partial charge in [-0.05, 0) is 50.1 Å². The van der Waals surface area contributed by atoms with Gasteiger partial charge in [0.2, 0.25) is 0 Å². The summed E-state index contributed by atoms with van der Waals surface area (Å²) in [5.41, 5.74) is 0. The molecule has 1 aliphatic carbocycles. The van der Waals surface area contributed by atoms with Crippen molar-refractivity contribution in [1.82, 2.24) is 10.2 Å². The molecule has 2 rings (SSSR count). The highest BCUT2D eigenvalue weighted by molar-refractivity contribution is 4.89. The summed E-state index contributed by atoms with van der Waals surface area (Å²) in [5.74, 6) is 1.79. The van der Waals surface area contributed by atoms with Gasteiger partial charge in [0.25, 0.3) is 0 Å². The van der Waals surface area contributed by atoms with Crippen LogP contribution < -0.4 is 5.32 Å². The lowest BCUT2D eigenvalue weighted by molar-refractivity contribution is -0.143. The lowest BCUT2D eigenvalue weighted by Gasteiger charge is -2.24. The Bertz CT molecular complexity index is 285. The lowest BCUT2D eigenvalue weighted by atomic mass is 9.98. The van der Waals surface area contributed by atoms with Crippen LogP contribution in [0.25, 0.3) is 0 Å². The SMILES string of the molecule is CC(C)C(NCC1CCN(CC(F)(F)F)C1)C1CC1. The molecule has 2 fully saturated rings. The maximum atomic E-state index is 12.3. The highest BCUT2D eigenvalue weighted by Crippen LogP contribution is 2.35. The molecular formula is C14H25F3N2. The number of nitrogens with one attached hydrogen (secondary N) is 1. The summed E-state index contributed by atoms with van der Waals surface area (Å²) >= 11 is 0. The Balaban J connectivity index is 1.70. The van der Waals surface area contributed by atoms with Crippen LogP contribution in [0.1, 0.15) is 33.1 Å². The standard InChI is InChI=1S/C14H25F3N2/c1-10(2)13(12-3-4-12)18-7-11-5-6-19(8-11)9-14(15,16)17/h10-13,18H,3-9H2,1-2H3. The Kier molecular flexibility index (Phi) is 4.77. The third kappa shape index (κ3) is 4.95. The van der Waals surface area contributed by atoms with Gasteiger partial charge in [-0.3, -0.25) is 4.90 Å². The van der Waals surface area contributed by atoms with Crippen molar-refractivity contribution < 1.29 is 13.2 Å². The number of likely N-dealkylation sites (tertiary alicyclic amines) is 1. The first-order chi connectivity index (χ1) is 8.85. The molecule has 0 amide bonds. The zero-order valence-electron chi connectivity index (χ0n) is 11.8. The van der Waals surface area contributed by atoms with Crippen molar-refractivity contribution in [3.63, 3.8) is 0 Å². The van der Waals surface area contributed by atoms with Crippen molar-refractivity contribution in [1.29, 1.82) is 0 Å².